The van der Waals surface area contributed by atoms with Gasteiger partial charge in [0.15, 0.2) is 0 Å². The number of amides is 2. The maximum absolute atomic E-state index is 14.1. The topological polar surface area (TPSA) is 32.3 Å². The molecule has 5 heteroatoms. The van der Waals surface area contributed by atoms with Crippen molar-refractivity contribution >= 4 is 11.7 Å². The van der Waals surface area contributed by atoms with Crippen molar-refractivity contribution in [1.29, 1.82) is 0 Å². The van der Waals surface area contributed by atoms with Crippen LogP contribution >= 0.6 is 0 Å². The summed E-state index contributed by atoms with van der Waals surface area (Å²) in [7, 11) is 0. The molecule has 0 aromatic heterocycles. The summed E-state index contributed by atoms with van der Waals surface area (Å²) in [6, 6.07) is 12.9. The molecule has 0 saturated heterocycles. The third-order valence-corrected chi connectivity index (χ3v) is 7.13. The van der Waals surface area contributed by atoms with Crippen molar-refractivity contribution in [3.8, 4) is 0 Å². The molecule has 0 atom stereocenters. The Kier molecular flexibility index (Phi) is 7.21. The van der Waals surface area contributed by atoms with Crippen LogP contribution in [0, 0.1) is 23.5 Å². The van der Waals surface area contributed by atoms with Gasteiger partial charge in [-0.25, -0.2) is 13.6 Å². The van der Waals surface area contributed by atoms with Gasteiger partial charge in [-0.05, 0) is 55.2 Å². The molecule has 2 fully saturated rings. The lowest BCUT2D eigenvalue weighted by Gasteiger charge is -2.40. The van der Waals surface area contributed by atoms with E-state index in [-0.39, 0.29) is 17.8 Å². The molecule has 4 rings (SSSR count). The Morgan fingerprint density at radius 2 is 1.55 bits per heavy atom. The smallest absolute Gasteiger partial charge is 0.317 e. The molecule has 1 N–H and O–H groups in total. The van der Waals surface area contributed by atoms with E-state index in [0.29, 0.717) is 6.54 Å². The lowest BCUT2D eigenvalue weighted by atomic mass is 9.72. The van der Waals surface area contributed by atoms with Crippen LogP contribution in [0.2, 0.25) is 0 Å². The predicted octanol–water partition coefficient (Wildman–Crippen LogP) is 7.14. The first-order valence-corrected chi connectivity index (χ1v) is 11.7. The van der Waals surface area contributed by atoms with E-state index in [1.165, 1.54) is 38.2 Å². The molecular weight excluding hydrogens is 394 g/mol. The molecule has 0 bridgehead atoms. The fraction of sp³-hybridized carbons (Fsp3) is 0.500. The second kappa shape index (κ2) is 10.3. The van der Waals surface area contributed by atoms with Gasteiger partial charge in [0.05, 0.1) is 5.69 Å². The number of carbonyl (C=O) groups excluding carboxylic acids is 1. The monoisotopic (exact) mass is 426 g/mol. The van der Waals surface area contributed by atoms with Gasteiger partial charge in [-0.1, -0.05) is 62.4 Å². The van der Waals surface area contributed by atoms with Crippen LogP contribution < -0.4 is 5.32 Å². The van der Waals surface area contributed by atoms with Gasteiger partial charge in [-0.3, -0.25) is 0 Å². The van der Waals surface area contributed by atoms with E-state index < -0.39 is 11.6 Å². The van der Waals surface area contributed by atoms with Crippen LogP contribution in [0.5, 0.6) is 0 Å². The molecule has 0 heterocycles. The molecule has 0 radical (unpaired) electrons. The van der Waals surface area contributed by atoms with Gasteiger partial charge in [0, 0.05) is 18.7 Å². The highest BCUT2D eigenvalue weighted by Gasteiger charge is 2.33. The second-order valence-corrected chi connectivity index (χ2v) is 9.13. The molecule has 3 nitrogen and oxygen atoms in total. The van der Waals surface area contributed by atoms with Gasteiger partial charge >= 0.3 is 6.03 Å². The SMILES string of the molecule is O=C(Nc1ccc(F)cc1F)N(Cc1ccccc1)[C@H]1CC[C@@H](C2CCCCC2)CC1. The summed E-state index contributed by atoms with van der Waals surface area (Å²) in [5, 5.41) is 2.67. The zero-order chi connectivity index (χ0) is 21.6. The summed E-state index contributed by atoms with van der Waals surface area (Å²) in [4.78, 5) is 15.0. The zero-order valence-electron chi connectivity index (χ0n) is 18.0. The quantitative estimate of drug-likeness (QED) is 0.541. The largest absolute Gasteiger partial charge is 0.322 e. The highest BCUT2D eigenvalue weighted by Crippen LogP contribution is 2.39. The number of nitrogens with zero attached hydrogens (tertiary/aromatic N) is 1. The van der Waals surface area contributed by atoms with Crippen LogP contribution in [0.25, 0.3) is 0 Å². The van der Waals surface area contributed by atoms with Crippen molar-refractivity contribution in [3.05, 3.63) is 65.7 Å². The zero-order valence-corrected chi connectivity index (χ0v) is 18.0. The standard InChI is InChI=1S/C26H32F2N2O/c27-22-13-16-25(24(28)17-22)29-26(31)30(18-19-7-3-1-4-8-19)23-14-11-21(12-15-23)20-9-5-2-6-10-20/h1,3-4,7-8,13,16-17,20-21,23H,2,5-6,9-12,14-15,18H2,(H,29,31)/t21-,23+. The first-order chi connectivity index (χ1) is 15.1. The molecule has 2 amide bonds. The summed E-state index contributed by atoms with van der Waals surface area (Å²) in [6.45, 7) is 0.480. The number of hydrogen-bond acceptors (Lipinski definition) is 1. The van der Waals surface area contributed by atoms with Crippen LogP contribution in [-0.4, -0.2) is 17.0 Å². The lowest BCUT2D eigenvalue weighted by molar-refractivity contribution is 0.120. The van der Waals surface area contributed by atoms with E-state index in [0.717, 1.165) is 55.2 Å². The fourth-order valence-corrected chi connectivity index (χ4v) is 5.41. The van der Waals surface area contributed by atoms with E-state index in [1.54, 1.807) is 0 Å². The Hall–Kier alpha value is -2.43. The van der Waals surface area contributed by atoms with Crippen molar-refractivity contribution in [1.82, 2.24) is 4.90 Å². The first-order valence-electron chi connectivity index (χ1n) is 11.7. The Morgan fingerprint density at radius 3 is 2.23 bits per heavy atom. The minimum absolute atomic E-state index is 0.0142. The molecule has 2 aliphatic carbocycles. The van der Waals surface area contributed by atoms with E-state index in [4.69, 9.17) is 0 Å². The Morgan fingerprint density at radius 1 is 0.871 bits per heavy atom. The lowest BCUT2D eigenvalue weighted by Crippen LogP contribution is -2.44. The average molecular weight is 427 g/mol. The molecule has 2 aliphatic rings. The Labute approximate surface area is 183 Å². The van der Waals surface area contributed by atoms with Crippen LogP contribution in [0.1, 0.15) is 63.4 Å². The first kappa shape index (κ1) is 21.8. The molecule has 166 valence electrons. The molecule has 0 spiro atoms. The maximum atomic E-state index is 14.1. The Bertz CT molecular complexity index is 859. The maximum Gasteiger partial charge on any atom is 0.322 e. The predicted molar refractivity (Wildman–Crippen MR) is 120 cm³/mol. The molecule has 2 aromatic rings. The number of hydrogen-bond donors (Lipinski definition) is 1. The number of nitrogens with one attached hydrogen (secondary N) is 1. The van der Waals surface area contributed by atoms with E-state index in [9.17, 15) is 13.6 Å². The number of anilines is 1. The fourth-order valence-electron chi connectivity index (χ4n) is 5.41. The van der Waals surface area contributed by atoms with Crippen molar-refractivity contribution in [3.63, 3.8) is 0 Å². The number of benzene rings is 2. The van der Waals surface area contributed by atoms with E-state index in [1.807, 2.05) is 35.2 Å². The average Bonchev–Trinajstić information content (AvgIpc) is 2.81. The molecule has 0 aliphatic heterocycles. The van der Waals surface area contributed by atoms with Crippen LogP contribution in [0.3, 0.4) is 0 Å². The number of urea groups is 1. The van der Waals surface area contributed by atoms with Gasteiger partial charge in [0.1, 0.15) is 11.6 Å². The van der Waals surface area contributed by atoms with Crippen molar-refractivity contribution in [2.75, 3.05) is 5.32 Å². The minimum Gasteiger partial charge on any atom is -0.317 e. The summed E-state index contributed by atoms with van der Waals surface area (Å²) in [5.41, 5.74) is 1.06. The summed E-state index contributed by atoms with van der Waals surface area (Å²) in [6.07, 6.45) is 11.1. The normalized spacial score (nSPS) is 22.1. The van der Waals surface area contributed by atoms with Gasteiger partial charge in [-0.2, -0.15) is 0 Å². The second-order valence-electron chi connectivity index (χ2n) is 9.13. The van der Waals surface area contributed by atoms with Crippen molar-refractivity contribution in [2.24, 2.45) is 11.8 Å². The molecule has 0 unspecified atom stereocenters. The minimum atomic E-state index is -0.756. The van der Waals surface area contributed by atoms with Crippen LogP contribution in [-0.2, 0) is 6.54 Å². The van der Waals surface area contributed by atoms with E-state index in [2.05, 4.69) is 5.32 Å². The third-order valence-electron chi connectivity index (χ3n) is 7.13. The van der Waals surface area contributed by atoms with Crippen molar-refractivity contribution in [2.45, 2.75) is 70.4 Å². The van der Waals surface area contributed by atoms with Gasteiger partial charge in [0.25, 0.3) is 0 Å². The van der Waals surface area contributed by atoms with Crippen LogP contribution in [0.4, 0.5) is 19.3 Å². The number of carbonyl (C=O) groups is 1. The van der Waals surface area contributed by atoms with Gasteiger partial charge in [0.2, 0.25) is 0 Å². The molecule has 2 aromatic carbocycles. The van der Waals surface area contributed by atoms with Crippen molar-refractivity contribution < 1.29 is 13.6 Å². The van der Waals surface area contributed by atoms with Gasteiger partial charge < -0.3 is 10.2 Å². The summed E-state index contributed by atoms with van der Waals surface area (Å²) < 4.78 is 27.4. The highest BCUT2D eigenvalue weighted by molar-refractivity contribution is 5.89. The third kappa shape index (κ3) is 5.63. The van der Waals surface area contributed by atoms with Gasteiger partial charge in [-0.15, -0.1) is 0 Å². The van der Waals surface area contributed by atoms with E-state index >= 15 is 0 Å². The molecule has 2 saturated carbocycles. The molecule has 31 heavy (non-hydrogen) atoms. The Balaban J connectivity index is 1.45. The number of halogens is 2. The highest BCUT2D eigenvalue weighted by atomic mass is 19.1. The molecular formula is C26H32F2N2O. The number of rotatable bonds is 5. The summed E-state index contributed by atoms with van der Waals surface area (Å²) in [5.74, 6) is 0.207. The summed E-state index contributed by atoms with van der Waals surface area (Å²) >= 11 is 0. The van der Waals surface area contributed by atoms with Crippen LogP contribution in [0.15, 0.2) is 48.5 Å².